The average Bonchev–Trinajstić information content (AvgIpc) is 2.36. The number of carbonyl (C=O) groups excluding carboxylic acids is 1. The van der Waals surface area contributed by atoms with E-state index >= 15 is 0 Å². The smallest absolute Gasteiger partial charge is 0.254 e. The van der Waals surface area contributed by atoms with E-state index in [2.05, 4.69) is 17.2 Å². The monoisotopic (exact) mass is 267 g/mol. The van der Waals surface area contributed by atoms with Crippen LogP contribution >= 0.6 is 11.8 Å². The van der Waals surface area contributed by atoms with Crippen LogP contribution in [0.5, 0.6) is 0 Å². The molecule has 0 aliphatic carbocycles. The van der Waals surface area contributed by atoms with Crippen molar-refractivity contribution in [3.63, 3.8) is 0 Å². The summed E-state index contributed by atoms with van der Waals surface area (Å²) in [6.07, 6.45) is 2.05. The summed E-state index contributed by atoms with van der Waals surface area (Å²) in [6.45, 7) is 3.95. The van der Waals surface area contributed by atoms with Crippen LogP contribution in [0.15, 0.2) is 12.1 Å². The topological polar surface area (TPSA) is 45.2 Å². The van der Waals surface area contributed by atoms with Crippen molar-refractivity contribution in [3.05, 3.63) is 23.4 Å². The largest absolute Gasteiger partial charge is 0.373 e. The molecule has 0 radical (unpaired) electrons. The van der Waals surface area contributed by atoms with Gasteiger partial charge in [0.15, 0.2) is 0 Å². The molecular formula is C13H21N3OS. The van der Waals surface area contributed by atoms with Gasteiger partial charge in [-0.3, -0.25) is 4.79 Å². The maximum Gasteiger partial charge on any atom is 0.254 e. The average molecular weight is 267 g/mol. The molecule has 1 atom stereocenters. The molecule has 1 heterocycles. The number of nitrogens with one attached hydrogen (secondary N) is 1. The first-order valence-electron chi connectivity index (χ1n) is 5.92. The molecule has 1 rings (SSSR count). The van der Waals surface area contributed by atoms with Gasteiger partial charge in [0, 0.05) is 37.1 Å². The highest BCUT2D eigenvalue weighted by molar-refractivity contribution is 7.98. The van der Waals surface area contributed by atoms with Crippen LogP contribution in [-0.4, -0.2) is 47.9 Å². The number of hydrogen-bond acceptors (Lipinski definition) is 4. The molecule has 0 spiro atoms. The van der Waals surface area contributed by atoms with Gasteiger partial charge in [0.1, 0.15) is 5.82 Å². The summed E-state index contributed by atoms with van der Waals surface area (Å²) < 4.78 is 0. The lowest BCUT2D eigenvalue weighted by Gasteiger charge is -2.24. The normalized spacial score (nSPS) is 12.1. The number of aromatic nitrogens is 1. The van der Waals surface area contributed by atoms with Crippen molar-refractivity contribution < 1.29 is 4.79 Å². The zero-order valence-corrected chi connectivity index (χ0v) is 12.5. The van der Waals surface area contributed by atoms with E-state index < -0.39 is 0 Å². The molecule has 0 aromatic carbocycles. The Labute approximate surface area is 113 Å². The molecule has 0 bridgehead atoms. The Kier molecular flexibility index (Phi) is 5.47. The molecule has 0 saturated heterocycles. The summed E-state index contributed by atoms with van der Waals surface area (Å²) in [4.78, 5) is 18.4. The van der Waals surface area contributed by atoms with Crippen molar-refractivity contribution >= 4 is 23.5 Å². The second kappa shape index (κ2) is 6.64. The Morgan fingerprint density at radius 2 is 2.22 bits per heavy atom. The second-order valence-corrected chi connectivity index (χ2v) is 5.26. The molecule has 0 fully saturated rings. The first-order chi connectivity index (χ1) is 8.49. The maximum atomic E-state index is 12.3. The molecular weight excluding hydrogens is 246 g/mol. The molecule has 1 amide bonds. The van der Waals surface area contributed by atoms with Crippen molar-refractivity contribution in [2.24, 2.45) is 0 Å². The summed E-state index contributed by atoms with van der Waals surface area (Å²) in [5, 5.41) is 2.97. The minimum absolute atomic E-state index is 0.0403. The molecule has 1 aromatic heterocycles. The van der Waals surface area contributed by atoms with Crippen molar-refractivity contribution in [3.8, 4) is 0 Å². The van der Waals surface area contributed by atoms with Gasteiger partial charge in [-0.25, -0.2) is 4.98 Å². The number of anilines is 1. The third-order valence-electron chi connectivity index (χ3n) is 2.85. The first kappa shape index (κ1) is 14.8. The number of amides is 1. The van der Waals surface area contributed by atoms with Crippen molar-refractivity contribution in [2.75, 3.05) is 31.4 Å². The lowest BCUT2D eigenvalue weighted by molar-refractivity contribution is 0.0757. The van der Waals surface area contributed by atoms with Crippen LogP contribution in [0.25, 0.3) is 0 Å². The predicted molar refractivity (Wildman–Crippen MR) is 78.5 cm³/mol. The number of pyridine rings is 1. The molecule has 0 saturated carbocycles. The van der Waals surface area contributed by atoms with Gasteiger partial charge in [0.25, 0.3) is 5.91 Å². The Morgan fingerprint density at radius 1 is 1.56 bits per heavy atom. The molecule has 1 unspecified atom stereocenters. The minimum Gasteiger partial charge on any atom is -0.373 e. The molecule has 18 heavy (non-hydrogen) atoms. The summed E-state index contributed by atoms with van der Waals surface area (Å²) >= 11 is 1.74. The van der Waals surface area contributed by atoms with E-state index in [0.29, 0.717) is 5.56 Å². The molecule has 100 valence electrons. The molecule has 0 aliphatic heterocycles. The zero-order valence-electron chi connectivity index (χ0n) is 11.7. The van der Waals surface area contributed by atoms with Crippen LogP contribution < -0.4 is 5.32 Å². The van der Waals surface area contributed by atoms with E-state index in [4.69, 9.17) is 0 Å². The molecule has 5 heteroatoms. The first-order valence-corrected chi connectivity index (χ1v) is 7.31. The van der Waals surface area contributed by atoms with Crippen LogP contribution in [0.1, 0.15) is 23.0 Å². The number of carbonyl (C=O) groups is 1. The zero-order chi connectivity index (χ0) is 13.7. The van der Waals surface area contributed by atoms with Gasteiger partial charge in [-0.1, -0.05) is 0 Å². The van der Waals surface area contributed by atoms with E-state index in [1.807, 2.05) is 26.3 Å². The molecule has 4 nitrogen and oxygen atoms in total. The van der Waals surface area contributed by atoms with Gasteiger partial charge in [0.05, 0.1) is 0 Å². The van der Waals surface area contributed by atoms with E-state index in [-0.39, 0.29) is 11.9 Å². The number of rotatable bonds is 5. The van der Waals surface area contributed by atoms with Gasteiger partial charge in [-0.2, -0.15) is 11.8 Å². The number of aryl methyl sites for hydroxylation is 1. The lowest BCUT2D eigenvalue weighted by Crippen LogP contribution is -2.36. The van der Waals surface area contributed by atoms with Crippen LogP contribution in [0.4, 0.5) is 5.82 Å². The molecule has 1 N–H and O–H groups in total. The second-order valence-electron chi connectivity index (χ2n) is 4.35. The SMILES string of the molecule is CNc1cc(C(=O)N(C)C(C)CSC)cc(C)n1. The highest BCUT2D eigenvalue weighted by atomic mass is 32.2. The summed E-state index contributed by atoms with van der Waals surface area (Å²) in [5.74, 6) is 1.70. The van der Waals surface area contributed by atoms with Crippen molar-refractivity contribution in [2.45, 2.75) is 19.9 Å². The maximum absolute atomic E-state index is 12.3. The van der Waals surface area contributed by atoms with E-state index in [1.165, 1.54) is 0 Å². The quantitative estimate of drug-likeness (QED) is 0.889. The number of nitrogens with zero attached hydrogens (tertiary/aromatic N) is 2. The lowest BCUT2D eigenvalue weighted by atomic mass is 10.2. The van der Waals surface area contributed by atoms with Crippen LogP contribution in [0, 0.1) is 6.92 Å². The molecule has 1 aromatic rings. The van der Waals surface area contributed by atoms with E-state index in [1.54, 1.807) is 29.8 Å². The Bertz CT molecular complexity index is 423. The standard InChI is InChI=1S/C13H21N3OS/c1-9-6-11(7-12(14-3)15-9)13(17)16(4)10(2)8-18-5/h6-7,10H,8H2,1-5H3,(H,14,15). The Morgan fingerprint density at radius 3 is 2.78 bits per heavy atom. The van der Waals surface area contributed by atoms with Crippen LogP contribution in [0.2, 0.25) is 0 Å². The highest BCUT2D eigenvalue weighted by Gasteiger charge is 2.18. The molecule has 0 aliphatic rings. The van der Waals surface area contributed by atoms with Gasteiger partial charge in [0.2, 0.25) is 0 Å². The summed E-state index contributed by atoms with van der Waals surface area (Å²) in [5.41, 5.74) is 1.53. The number of hydrogen-bond donors (Lipinski definition) is 1. The van der Waals surface area contributed by atoms with Gasteiger partial charge < -0.3 is 10.2 Å². The van der Waals surface area contributed by atoms with Crippen molar-refractivity contribution in [1.29, 1.82) is 0 Å². The highest BCUT2D eigenvalue weighted by Crippen LogP contribution is 2.14. The summed E-state index contributed by atoms with van der Waals surface area (Å²) in [7, 11) is 3.65. The number of thioether (sulfide) groups is 1. The fourth-order valence-corrected chi connectivity index (χ4v) is 2.38. The third kappa shape index (κ3) is 3.63. The van der Waals surface area contributed by atoms with Crippen molar-refractivity contribution in [1.82, 2.24) is 9.88 Å². The predicted octanol–water partition coefficient (Wildman–Crippen LogP) is 2.26. The minimum atomic E-state index is 0.0403. The fraction of sp³-hybridized carbons (Fsp3) is 0.538. The van der Waals surface area contributed by atoms with Gasteiger partial charge in [-0.15, -0.1) is 0 Å². The Balaban J connectivity index is 2.92. The van der Waals surface area contributed by atoms with Gasteiger partial charge in [-0.05, 0) is 32.2 Å². The van der Waals surface area contributed by atoms with E-state index in [0.717, 1.165) is 17.3 Å². The summed E-state index contributed by atoms with van der Waals surface area (Å²) in [6, 6.07) is 3.84. The fourth-order valence-electron chi connectivity index (χ4n) is 1.68. The van der Waals surface area contributed by atoms with Crippen LogP contribution in [0.3, 0.4) is 0 Å². The van der Waals surface area contributed by atoms with Gasteiger partial charge >= 0.3 is 0 Å². The van der Waals surface area contributed by atoms with Crippen LogP contribution in [-0.2, 0) is 0 Å². The third-order valence-corrected chi connectivity index (χ3v) is 3.66. The Hall–Kier alpha value is -1.23. The van der Waals surface area contributed by atoms with E-state index in [9.17, 15) is 4.79 Å².